The van der Waals surface area contributed by atoms with Crippen LogP contribution in [0.5, 0.6) is 11.5 Å². The van der Waals surface area contributed by atoms with Crippen LogP contribution >= 0.6 is 11.6 Å². The molecule has 2 N–H and O–H groups in total. The van der Waals surface area contributed by atoms with Crippen LogP contribution in [0.25, 0.3) is 0 Å². The Kier molecular flexibility index (Phi) is 9.24. The summed E-state index contributed by atoms with van der Waals surface area (Å²) in [6.07, 6.45) is 0.749. The van der Waals surface area contributed by atoms with Gasteiger partial charge in [0, 0.05) is 35.8 Å². The lowest BCUT2D eigenvalue weighted by Crippen LogP contribution is -2.41. The molecule has 0 saturated carbocycles. The Morgan fingerprint density at radius 1 is 0.950 bits per heavy atom. The van der Waals surface area contributed by atoms with Gasteiger partial charge in [-0.05, 0) is 66.9 Å². The van der Waals surface area contributed by atoms with Crippen molar-refractivity contribution in [3.05, 3.63) is 77.3 Å². The molecule has 10 nitrogen and oxygen atoms in total. The van der Waals surface area contributed by atoms with Gasteiger partial charge in [-0.3, -0.25) is 9.52 Å². The number of carbonyl (C=O) groups is 1. The van der Waals surface area contributed by atoms with Crippen molar-refractivity contribution in [2.24, 2.45) is 5.92 Å². The Hall–Kier alpha value is -3.32. The van der Waals surface area contributed by atoms with E-state index in [1.165, 1.54) is 48.9 Å². The van der Waals surface area contributed by atoms with E-state index in [1.54, 1.807) is 36.4 Å². The zero-order valence-corrected chi connectivity index (χ0v) is 24.4. The van der Waals surface area contributed by atoms with Gasteiger partial charge in [-0.25, -0.2) is 21.1 Å². The number of nitrogens with zero attached hydrogens (tertiary/aromatic N) is 1. The molecule has 0 spiro atoms. The number of halogens is 1. The van der Waals surface area contributed by atoms with E-state index in [0.29, 0.717) is 40.6 Å². The first-order chi connectivity index (χ1) is 19.0. The third-order valence-electron chi connectivity index (χ3n) is 6.54. The van der Waals surface area contributed by atoms with E-state index in [0.717, 1.165) is 0 Å². The minimum Gasteiger partial charge on any atom is -0.497 e. The van der Waals surface area contributed by atoms with Crippen molar-refractivity contribution in [2.45, 2.75) is 23.5 Å². The second kappa shape index (κ2) is 12.5. The fraction of sp³-hybridized carbons (Fsp3) is 0.296. The first-order valence-electron chi connectivity index (χ1n) is 12.4. The standard InChI is InChI=1S/C27H30ClN3O7S2/c1-37-23-8-11-26(38-2)25(17-23)30-40(35,36)24-9-6-22(7-10-24)29-27(32)20-12-14-31(15-13-20)39(33,34)18-19-4-3-5-21(28)16-19/h3-11,16-17,20,30H,12-15,18H2,1-2H3,(H,29,32). The molecule has 0 unspecified atom stereocenters. The van der Waals surface area contributed by atoms with Crippen LogP contribution in [0, 0.1) is 5.92 Å². The highest BCUT2D eigenvalue weighted by molar-refractivity contribution is 7.92. The number of carbonyl (C=O) groups excluding carboxylic acids is 1. The van der Waals surface area contributed by atoms with Crippen LogP contribution in [-0.4, -0.2) is 54.4 Å². The third-order valence-corrected chi connectivity index (χ3v) is 10.0. The number of methoxy groups -OCH3 is 2. The van der Waals surface area contributed by atoms with Crippen LogP contribution in [0.2, 0.25) is 5.02 Å². The summed E-state index contributed by atoms with van der Waals surface area (Å²) in [6, 6.07) is 17.3. The molecule has 1 heterocycles. The Labute approximate surface area is 239 Å². The minimum absolute atomic E-state index is 0.00593. The summed E-state index contributed by atoms with van der Waals surface area (Å²) in [5.41, 5.74) is 1.26. The molecule has 40 heavy (non-hydrogen) atoms. The molecule has 1 saturated heterocycles. The second-order valence-corrected chi connectivity index (χ2v) is 13.3. The predicted octanol–water partition coefficient (Wildman–Crippen LogP) is 4.34. The van der Waals surface area contributed by atoms with E-state index in [2.05, 4.69) is 10.0 Å². The van der Waals surface area contributed by atoms with E-state index in [1.807, 2.05) is 0 Å². The summed E-state index contributed by atoms with van der Waals surface area (Å²) < 4.78 is 65.9. The zero-order chi connectivity index (χ0) is 28.9. The topological polar surface area (TPSA) is 131 Å². The summed E-state index contributed by atoms with van der Waals surface area (Å²) in [5, 5.41) is 3.27. The number of hydrogen-bond donors (Lipinski definition) is 2. The van der Waals surface area contributed by atoms with Gasteiger partial charge >= 0.3 is 0 Å². The Balaban J connectivity index is 1.34. The van der Waals surface area contributed by atoms with E-state index < -0.39 is 20.0 Å². The van der Waals surface area contributed by atoms with Crippen LogP contribution in [0.15, 0.2) is 71.6 Å². The van der Waals surface area contributed by atoms with Gasteiger partial charge in [0.1, 0.15) is 11.5 Å². The molecular formula is C27H30ClN3O7S2. The van der Waals surface area contributed by atoms with Crippen molar-refractivity contribution in [3.63, 3.8) is 0 Å². The normalized spacial score (nSPS) is 14.9. The highest BCUT2D eigenvalue weighted by Crippen LogP contribution is 2.31. The van der Waals surface area contributed by atoms with Gasteiger partial charge in [-0.2, -0.15) is 0 Å². The van der Waals surface area contributed by atoms with Gasteiger partial charge in [-0.15, -0.1) is 0 Å². The van der Waals surface area contributed by atoms with Gasteiger partial charge in [-0.1, -0.05) is 23.7 Å². The number of benzene rings is 3. The molecule has 1 fully saturated rings. The molecule has 214 valence electrons. The molecule has 1 amide bonds. The van der Waals surface area contributed by atoms with Crippen molar-refractivity contribution in [3.8, 4) is 11.5 Å². The third kappa shape index (κ3) is 7.25. The van der Waals surface area contributed by atoms with Gasteiger partial charge in [0.2, 0.25) is 15.9 Å². The highest BCUT2D eigenvalue weighted by Gasteiger charge is 2.31. The van der Waals surface area contributed by atoms with E-state index in [4.69, 9.17) is 21.1 Å². The number of anilines is 2. The summed E-state index contributed by atoms with van der Waals surface area (Å²) in [7, 11) is -4.59. The van der Waals surface area contributed by atoms with Gasteiger partial charge < -0.3 is 14.8 Å². The van der Waals surface area contributed by atoms with E-state index in [-0.39, 0.29) is 41.3 Å². The molecule has 1 aliphatic rings. The SMILES string of the molecule is COc1ccc(OC)c(NS(=O)(=O)c2ccc(NC(=O)C3CCN(S(=O)(=O)Cc4cccc(Cl)c4)CC3)cc2)c1. The molecule has 13 heteroatoms. The molecule has 0 aromatic heterocycles. The average Bonchev–Trinajstić information content (AvgIpc) is 2.93. The van der Waals surface area contributed by atoms with Crippen molar-refractivity contribution in [1.29, 1.82) is 0 Å². The fourth-order valence-electron chi connectivity index (χ4n) is 4.38. The molecule has 0 aliphatic carbocycles. The summed E-state index contributed by atoms with van der Waals surface area (Å²) in [4.78, 5) is 12.9. The first-order valence-corrected chi connectivity index (χ1v) is 15.9. The lowest BCUT2D eigenvalue weighted by atomic mass is 9.97. The minimum atomic E-state index is -3.95. The van der Waals surface area contributed by atoms with Crippen LogP contribution in [0.3, 0.4) is 0 Å². The molecule has 1 aliphatic heterocycles. The average molecular weight is 608 g/mol. The van der Waals surface area contributed by atoms with Crippen molar-refractivity contribution in [2.75, 3.05) is 37.3 Å². The molecular weight excluding hydrogens is 578 g/mol. The first kappa shape index (κ1) is 29.7. The van der Waals surface area contributed by atoms with Crippen molar-refractivity contribution < 1.29 is 31.1 Å². The van der Waals surface area contributed by atoms with Crippen molar-refractivity contribution in [1.82, 2.24) is 4.31 Å². The van der Waals surface area contributed by atoms with Gasteiger partial charge in [0.15, 0.2) is 0 Å². The van der Waals surface area contributed by atoms with Crippen LogP contribution in [0.4, 0.5) is 11.4 Å². The summed E-state index contributed by atoms with van der Waals surface area (Å²) >= 11 is 5.97. The Morgan fingerprint density at radius 2 is 1.65 bits per heavy atom. The van der Waals surface area contributed by atoms with Gasteiger partial charge in [0.25, 0.3) is 10.0 Å². The molecule has 4 rings (SSSR count). The number of rotatable bonds is 10. The Morgan fingerprint density at radius 3 is 2.27 bits per heavy atom. The number of amides is 1. The monoisotopic (exact) mass is 607 g/mol. The maximum Gasteiger partial charge on any atom is 0.262 e. The second-order valence-electron chi connectivity index (χ2n) is 9.24. The Bertz CT molecular complexity index is 1570. The molecule has 3 aromatic rings. The maximum atomic E-state index is 12.9. The number of sulfonamides is 2. The largest absolute Gasteiger partial charge is 0.497 e. The number of ether oxygens (including phenoxy) is 2. The maximum absolute atomic E-state index is 12.9. The number of hydrogen-bond acceptors (Lipinski definition) is 7. The molecule has 3 aromatic carbocycles. The van der Waals surface area contributed by atoms with Crippen LogP contribution < -0.4 is 19.5 Å². The summed E-state index contributed by atoms with van der Waals surface area (Å²) in [6.45, 7) is 0.467. The quantitative estimate of drug-likeness (QED) is 0.350. The van der Waals surface area contributed by atoms with E-state index >= 15 is 0 Å². The van der Waals surface area contributed by atoms with Crippen molar-refractivity contribution >= 4 is 48.9 Å². The van der Waals surface area contributed by atoms with Gasteiger partial charge in [0.05, 0.1) is 30.6 Å². The molecule has 0 radical (unpaired) electrons. The number of nitrogens with one attached hydrogen (secondary N) is 2. The lowest BCUT2D eigenvalue weighted by molar-refractivity contribution is -0.120. The van der Waals surface area contributed by atoms with Crippen LogP contribution in [0.1, 0.15) is 18.4 Å². The van der Waals surface area contributed by atoms with Crippen LogP contribution in [-0.2, 0) is 30.6 Å². The van der Waals surface area contributed by atoms with E-state index in [9.17, 15) is 21.6 Å². The lowest BCUT2D eigenvalue weighted by Gasteiger charge is -2.30. The number of piperidine rings is 1. The molecule has 0 atom stereocenters. The fourth-order valence-corrected chi connectivity index (χ4v) is 7.21. The molecule has 0 bridgehead atoms. The zero-order valence-electron chi connectivity index (χ0n) is 22.0. The smallest absolute Gasteiger partial charge is 0.262 e. The highest BCUT2D eigenvalue weighted by atomic mass is 35.5. The summed E-state index contributed by atoms with van der Waals surface area (Å²) in [5.74, 6) is 0.0155. The predicted molar refractivity (Wildman–Crippen MR) is 154 cm³/mol.